The van der Waals surface area contributed by atoms with Crippen molar-refractivity contribution in [1.29, 1.82) is 0 Å². The number of halogens is 1. The lowest BCUT2D eigenvalue weighted by Crippen LogP contribution is -2.45. The Balaban J connectivity index is 1.98. The maximum atomic E-state index is 13.7. The molecule has 0 bridgehead atoms. The van der Waals surface area contributed by atoms with Crippen molar-refractivity contribution in [1.82, 2.24) is 14.9 Å². The number of aromatic nitrogens is 2. The molecular weight excluding hydrogens is 560 g/mol. The van der Waals surface area contributed by atoms with Gasteiger partial charge >= 0.3 is 17.4 Å². The van der Waals surface area contributed by atoms with Crippen LogP contribution < -0.4 is 19.4 Å². The Morgan fingerprint density at radius 1 is 1.02 bits per heavy atom. The van der Waals surface area contributed by atoms with Crippen LogP contribution in [0.3, 0.4) is 0 Å². The molecule has 0 aliphatic carbocycles. The van der Waals surface area contributed by atoms with Crippen LogP contribution >= 0.6 is 11.6 Å². The second-order valence-electron chi connectivity index (χ2n) is 11.1. The van der Waals surface area contributed by atoms with Gasteiger partial charge in [-0.25, -0.2) is 14.6 Å². The van der Waals surface area contributed by atoms with Crippen molar-refractivity contribution in [2.24, 2.45) is 0 Å². The van der Waals surface area contributed by atoms with Gasteiger partial charge < -0.3 is 24.2 Å². The molecule has 0 unspecified atom stereocenters. The Kier molecular flexibility index (Phi) is 11.4. The van der Waals surface area contributed by atoms with Crippen LogP contribution in [0.1, 0.15) is 59.9 Å². The Morgan fingerprint density at radius 3 is 2.17 bits per heavy atom. The standard InChI is InChI=1S/C30H43ClN6O5/c1-8-35(9-2)28-32-20-24(37(10-3)27(31)39)25(33-28)34(7)23(26(38)42-30(4,5)6)19-21-13-15-22(16-14-21)41-29(40)36-17-11-12-18-36/h13-16,20,23H,8-12,17-19H2,1-7H3/t23-/m0/s1. The Hall–Kier alpha value is -3.60. The number of benzene rings is 1. The number of rotatable bonds is 11. The molecule has 42 heavy (non-hydrogen) atoms. The molecule has 2 aromatic rings. The summed E-state index contributed by atoms with van der Waals surface area (Å²) in [6.07, 6.45) is 3.42. The molecule has 1 aliphatic rings. The predicted octanol–water partition coefficient (Wildman–Crippen LogP) is 5.49. The number of hydrogen-bond acceptors (Lipinski definition) is 9. The highest BCUT2D eigenvalue weighted by Crippen LogP contribution is 2.32. The lowest BCUT2D eigenvalue weighted by molar-refractivity contribution is -0.156. The maximum Gasteiger partial charge on any atom is 0.415 e. The summed E-state index contributed by atoms with van der Waals surface area (Å²) in [5.74, 6) is 0.813. The molecule has 2 heterocycles. The molecule has 12 heteroatoms. The smallest absolute Gasteiger partial charge is 0.415 e. The van der Waals surface area contributed by atoms with E-state index in [0.717, 1.165) is 18.4 Å². The molecule has 1 aromatic heterocycles. The van der Waals surface area contributed by atoms with E-state index in [1.165, 1.54) is 4.90 Å². The number of hydrogen-bond donors (Lipinski definition) is 0. The zero-order valence-corrected chi connectivity index (χ0v) is 26.5. The minimum Gasteiger partial charge on any atom is -0.458 e. The molecule has 3 rings (SSSR count). The highest BCUT2D eigenvalue weighted by Gasteiger charge is 2.33. The van der Waals surface area contributed by atoms with Gasteiger partial charge in [0, 0.05) is 46.2 Å². The molecule has 1 fully saturated rings. The molecule has 0 spiro atoms. The number of carbonyl (C=O) groups excluding carboxylic acids is 3. The summed E-state index contributed by atoms with van der Waals surface area (Å²) in [6.45, 7) is 14.3. The van der Waals surface area contributed by atoms with Crippen molar-refractivity contribution in [3.05, 3.63) is 36.0 Å². The lowest BCUT2D eigenvalue weighted by atomic mass is 10.0. The number of anilines is 3. The van der Waals surface area contributed by atoms with Crippen molar-refractivity contribution in [3.63, 3.8) is 0 Å². The van der Waals surface area contributed by atoms with Crippen LogP contribution in [0.25, 0.3) is 0 Å². The van der Waals surface area contributed by atoms with Crippen LogP contribution in [0, 0.1) is 0 Å². The van der Waals surface area contributed by atoms with Crippen LogP contribution in [0.15, 0.2) is 30.5 Å². The average Bonchev–Trinajstić information content (AvgIpc) is 3.48. The summed E-state index contributed by atoms with van der Waals surface area (Å²) in [5.41, 5.74) is 0.472. The number of amides is 2. The molecule has 1 saturated heterocycles. The second-order valence-corrected chi connectivity index (χ2v) is 11.4. The van der Waals surface area contributed by atoms with E-state index in [0.29, 0.717) is 49.4 Å². The predicted molar refractivity (Wildman–Crippen MR) is 165 cm³/mol. The molecule has 1 atom stereocenters. The molecule has 1 aliphatic heterocycles. The average molecular weight is 603 g/mol. The summed E-state index contributed by atoms with van der Waals surface area (Å²) < 4.78 is 11.4. The fraction of sp³-hybridized carbons (Fsp3) is 0.567. The zero-order valence-electron chi connectivity index (χ0n) is 25.7. The van der Waals surface area contributed by atoms with Gasteiger partial charge in [-0.3, -0.25) is 9.69 Å². The summed E-state index contributed by atoms with van der Waals surface area (Å²) in [6, 6.07) is 6.26. The normalized spacial score (nSPS) is 13.9. The van der Waals surface area contributed by atoms with E-state index < -0.39 is 23.0 Å². The van der Waals surface area contributed by atoms with Gasteiger partial charge in [-0.05, 0) is 83.7 Å². The van der Waals surface area contributed by atoms with Crippen LogP contribution in [0.5, 0.6) is 5.75 Å². The van der Waals surface area contributed by atoms with Gasteiger partial charge in [0.05, 0.1) is 6.20 Å². The van der Waals surface area contributed by atoms with Gasteiger partial charge in [0.2, 0.25) is 5.95 Å². The van der Waals surface area contributed by atoms with Gasteiger partial charge in [-0.2, -0.15) is 4.98 Å². The molecular formula is C30H43ClN6O5. The fourth-order valence-corrected chi connectivity index (χ4v) is 4.94. The third kappa shape index (κ3) is 8.47. The Bertz CT molecular complexity index is 1230. The van der Waals surface area contributed by atoms with E-state index in [4.69, 9.17) is 26.1 Å². The number of carbonyl (C=O) groups is 3. The van der Waals surface area contributed by atoms with E-state index in [1.807, 2.05) is 51.7 Å². The van der Waals surface area contributed by atoms with Crippen LogP contribution in [-0.2, 0) is 16.0 Å². The van der Waals surface area contributed by atoms with E-state index in [2.05, 4.69) is 4.98 Å². The fourth-order valence-electron chi connectivity index (χ4n) is 4.73. The number of ether oxygens (including phenoxy) is 2. The first-order chi connectivity index (χ1) is 19.9. The van der Waals surface area contributed by atoms with Gasteiger partial charge in [0.15, 0.2) is 5.82 Å². The zero-order chi connectivity index (χ0) is 31.0. The Labute approximate surface area is 253 Å². The minimum atomic E-state index is -0.815. The largest absolute Gasteiger partial charge is 0.458 e. The molecule has 0 N–H and O–H groups in total. The van der Waals surface area contributed by atoms with E-state index in [-0.39, 0.29) is 19.1 Å². The monoisotopic (exact) mass is 602 g/mol. The van der Waals surface area contributed by atoms with Crippen LogP contribution in [-0.4, -0.2) is 83.7 Å². The Morgan fingerprint density at radius 2 is 1.64 bits per heavy atom. The summed E-state index contributed by atoms with van der Waals surface area (Å²) >= 11 is 5.94. The van der Waals surface area contributed by atoms with E-state index in [1.54, 1.807) is 42.1 Å². The summed E-state index contributed by atoms with van der Waals surface area (Å²) in [4.78, 5) is 54.4. The SMILES string of the molecule is CCN(CC)c1ncc(N(CC)C(=O)Cl)c(N(C)[C@@H](Cc2ccc(OC(=O)N3CCCC3)cc2)C(=O)OC(C)(C)C)n1. The van der Waals surface area contributed by atoms with Crippen LogP contribution in [0.4, 0.5) is 27.0 Å². The summed E-state index contributed by atoms with van der Waals surface area (Å²) in [5, 5.41) is -0.681. The quantitative estimate of drug-likeness (QED) is 0.187. The number of esters is 1. The van der Waals surface area contributed by atoms with Gasteiger partial charge in [0.25, 0.3) is 0 Å². The molecule has 0 radical (unpaired) electrons. The first-order valence-electron chi connectivity index (χ1n) is 14.5. The van der Waals surface area contributed by atoms with Crippen molar-refractivity contribution in [2.75, 3.05) is 54.5 Å². The van der Waals surface area contributed by atoms with Crippen molar-refractivity contribution in [2.45, 2.75) is 72.4 Å². The number of likely N-dealkylation sites (tertiary alicyclic amines) is 1. The molecule has 230 valence electrons. The third-order valence-corrected chi connectivity index (χ3v) is 7.21. The lowest BCUT2D eigenvalue weighted by Gasteiger charge is -2.33. The minimum absolute atomic E-state index is 0.261. The van der Waals surface area contributed by atoms with Crippen molar-refractivity contribution < 1.29 is 23.9 Å². The van der Waals surface area contributed by atoms with Crippen LogP contribution in [0.2, 0.25) is 0 Å². The summed E-state index contributed by atoms with van der Waals surface area (Å²) in [7, 11) is 1.74. The third-order valence-electron chi connectivity index (χ3n) is 7.01. The van der Waals surface area contributed by atoms with Gasteiger partial charge in [0.1, 0.15) is 23.1 Å². The van der Waals surface area contributed by atoms with Crippen molar-refractivity contribution >= 4 is 46.5 Å². The van der Waals surface area contributed by atoms with E-state index in [9.17, 15) is 14.4 Å². The topological polar surface area (TPSA) is 108 Å². The number of likely N-dealkylation sites (N-methyl/N-ethyl adjacent to an activating group) is 1. The first-order valence-corrected chi connectivity index (χ1v) is 14.9. The highest BCUT2D eigenvalue weighted by atomic mass is 35.5. The van der Waals surface area contributed by atoms with E-state index >= 15 is 0 Å². The highest BCUT2D eigenvalue weighted by molar-refractivity contribution is 6.66. The second kappa shape index (κ2) is 14.5. The molecule has 11 nitrogen and oxygen atoms in total. The maximum absolute atomic E-state index is 13.7. The molecule has 0 saturated carbocycles. The molecule has 1 aromatic carbocycles. The number of nitrogens with zero attached hydrogens (tertiary/aromatic N) is 6. The first kappa shape index (κ1) is 32.9. The van der Waals surface area contributed by atoms with Gasteiger partial charge in [-0.1, -0.05) is 12.1 Å². The molecule has 2 amide bonds. The van der Waals surface area contributed by atoms with Gasteiger partial charge in [-0.15, -0.1) is 0 Å². The van der Waals surface area contributed by atoms with Crippen molar-refractivity contribution in [3.8, 4) is 5.75 Å².